The minimum atomic E-state index is -0.304. The molecule has 1 fully saturated rings. The van der Waals surface area contributed by atoms with Gasteiger partial charge in [-0.05, 0) is 49.8 Å². The van der Waals surface area contributed by atoms with Crippen LogP contribution < -0.4 is 5.32 Å². The Labute approximate surface area is 153 Å². The lowest BCUT2D eigenvalue weighted by Gasteiger charge is -2.12. The van der Waals surface area contributed by atoms with Gasteiger partial charge < -0.3 is 10.1 Å². The van der Waals surface area contributed by atoms with E-state index in [-0.39, 0.29) is 17.7 Å². The Morgan fingerprint density at radius 2 is 1.96 bits per heavy atom. The Bertz CT molecular complexity index is 697. The fourth-order valence-electron chi connectivity index (χ4n) is 2.96. The van der Waals surface area contributed by atoms with Crippen LogP contribution in [-0.2, 0) is 4.74 Å². The summed E-state index contributed by atoms with van der Waals surface area (Å²) in [4.78, 5) is 38.3. The number of hydrogen-bond acceptors (Lipinski definition) is 4. The van der Waals surface area contributed by atoms with Crippen molar-refractivity contribution < 1.29 is 19.1 Å². The third-order valence-corrected chi connectivity index (χ3v) is 4.77. The molecule has 0 aromatic heterocycles. The molecule has 1 aliphatic heterocycles. The van der Waals surface area contributed by atoms with E-state index in [1.165, 1.54) is 23.8 Å². The molecule has 1 saturated carbocycles. The molecule has 0 bridgehead atoms. The van der Waals surface area contributed by atoms with E-state index < -0.39 is 0 Å². The molecule has 0 unspecified atom stereocenters. The predicted octanol–water partition coefficient (Wildman–Crippen LogP) is 2.63. The van der Waals surface area contributed by atoms with E-state index in [4.69, 9.17) is 4.74 Å². The zero-order valence-corrected chi connectivity index (χ0v) is 15.3. The number of rotatable bonds is 10. The van der Waals surface area contributed by atoms with E-state index in [1.807, 2.05) is 6.92 Å². The largest absolute Gasteiger partial charge is 0.381 e. The molecule has 0 atom stereocenters. The highest BCUT2D eigenvalue weighted by atomic mass is 16.5. The van der Waals surface area contributed by atoms with Crippen LogP contribution in [0.4, 0.5) is 0 Å². The zero-order valence-electron chi connectivity index (χ0n) is 15.3. The number of imide groups is 1. The minimum absolute atomic E-state index is 0.234. The second-order valence-electron chi connectivity index (χ2n) is 7.00. The molecule has 1 heterocycles. The maximum atomic E-state index is 12.4. The first-order valence-electron chi connectivity index (χ1n) is 9.48. The molecule has 6 heteroatoms. The second kappa shape index (κ2) is 8.45. The average molecular weight is 358 g/mol. The summed E-state index contributed by atoms with van der Waals surface area (Å²) in [6.07, 6.45) is 4.98. The van der Waals surface area contributed by atoms with Gasteiger partial charge in [-0.2, -0.15) is 0 Å². The summed E-state index contributed by atoms with van der Waals surface area (Å²) in [5, 5.41) is 2.84. The van der Waals surface area contributed by atoms with Crippen LogP contribution in [0.5, 0.6) is 0 Å². The van der Waals surface area contributed by atoms with Crippen molar-refractivity contribution in [2.45, 2.75) is 39.0 Å². The third-order valence-electron chi connectivity index (χ3n) is 4.77. The van der Waals surface area contributed by atoms with E-state index in [0.29, 0.717) is 36.4 Å². The molecule has 140 valence electrons. The van der Waals surface area contributed by atoms with Crippen LogP contribution in [0, 0.1) is 5.92 Å². The number of hydrogen-bond donors (Lipinski definition) is 1. The number of fused-ring (bicyclic) bond motifs is 1. The van der Waals surface area contributed by atoms with Crippen LogP contribution in [0.15, 0.2) is 18.2 Å². The quantitative estimate of drug-likeness (QED) is 0.515. The first-order valence-corrected chi connectivity index (χ1v) is 9.48. The number of benzene rings is 1. The molecule has 2 aliphatic rings. The van der Waals surface area contributed by atoms with E-state index in [9.17, 15) is 14.4 Å². The molecule has 1 aromatic carbocycles. The Hall–Kier alpha value is -2.21. The number of carbonyl (C=O) groups is 3. The van der Waals surface area contributed by atoms with Crippen LogP contribution in [-0.4, -0.2) is 48.9 Å². The summed E-state index contributed by atoms with van der Waals surface area (Å²) in [5.41, 5.74) is 1.11. The van der Waals surface area contributed by atoms with Gasteiger partial charge in [-0.3, -0.25) is 19.3 Å². The molecular weight excluding hydrogens is 332 g/mol. The molecule has 1 aliphatic carbocycles. The van der Waals surface area contributed by atoms with Crippen LogP contribution in [0.2, 0.25) is 0 Å². The van der Waals surface area contributed by atoms with Gasteiger partial charge in [0.05, 0.1) is 11.1 Å². The van der Waals surface area contributed by atoms with E-state index >= 15 is 0 Å². The van der Waals surface area contributed by atoms with E-state index in [2.05, 4.69) is 5.32 Å². The van der Waals surface area contributed by atoms with Gasteiger partial charge in [-0.1, -0.05) is 13.3 Å². The van der Waals surface area contributed by atoms with E-state index in [1.54, 1.807) is 12.1 Å². The van der Waals surface area contributed by atoms with Crippen molar-refractivity contribution in [1.29, 1.82) is 0 Å². The normalized spacial score (nSPS) is 16.1. The summed E-state index contributed by atoms with van der Waals surface area (Å²) < 4.78 is 5.54. The fraction of sp³-hybridized carbons (Fsp3) is 0.550. The maximum Gasteiger partial charge on any atom is 0.261 e. The highest BCUT2D eigenvalue weighted by Gasteiger charge is 2.35. The molecule has 1 aromatic rings. The van der Waals surface area contributed by atoms with Gasteiger partial charge in [0.2, 0.25) is 0 Å². The number of unbranched alkanes of at least 4 members (excludes halogenated alkanes) is 1. The lowest BCUT2D eigenvalue weighted by molar-refractivity contribution is 0.0652. The Morgan fingerprint density at radius 1 is 1.19 bits per heavy atom. The molecule has 0 radical (unpaired) electrons. The van der Waals surface area contributed by atoms with Crippen molar-refractivity contribution in [2.75, 3.05) is 26.3 Å². The van der Waals surface area contributed by atoms with Gasteiger partial charge in [0, 0.05) is 31.9 Å². The molecule has 26 heavy (non-hydrogen) atoms. The van der Waals surface area contributed by atoms with Gasteiger partial charge in [0.1, 0.15) is 0 Å². The van der Waals surface area contributed by atoms with Crippen molar-refractivity contribution in [3.8, 4) is 0 Å². The van der Waals surface area contributed by atoms with Crippen molar-refractivity contribution in [3.63, 3.8) is 0 Å². The SMILES string of the molecule is CCCCN1C(=O)c2ccc(C(=O)NCCCOCC3CC3)cc2C1=O. The average Bonchev–Trinajstić information content (AvgIpc) is 3.44. The topological polar surface area (TPSA) is 75.7 Å². The zero-order chi connectivity index (χ0) is 18.5. The molecular formula is C20H26N2O4. The summed E-state index contributed by atoms with van der Waals surface area (Å²) >= 11 is 0. The van der Waals surface area contributed by atoms with Gasteiger partial charge in [-0.15, -0.1) is 0 Å². The van der Waals surface area contributed by atoms with Gasteiger partial charge in [0.25, 0.3) is 17.7 Å². The van der Waals surface area contributed by atoms with Gasteiger partial charge in [-0.25, -0.2) is 0 Å². The Morgan fingerprint density at radius 3 is 2.69 bits per heavy atom. The van der Waals surface area contributed by atoms with Crippen molar-refractivity contribution in [1.82, 2.24) is 10.2 Å². The predicted molar refractivity (Wildman–Crippen MR) is 97.2 cm³/mol. The Balaban J connectivity index is 1.52. The molecule has 0 saturated heterocycles. The van der Waals surface area contributed by atoms with Crippen LogP contribution >= 0.6 is 0 Å². The summed E-state index contributed by atoms with van der Waals surface area (Å²) in [6, 6.07) is 4.71. The summed E-state index contributed by atoms with van der Waals surface area (Å²) in [5.74, 6) is -0.0600. The first kappa shape index (κ1) is 18.6. The van der Waals surface area contributed by atoms with Crippen molar-refractivity contribution >= 4 is 17.7 Å². The summed E-state index contributed by atoms with van der Waals surface area (Å²) in [7, 11) is 0. The molecule has 3 amide bonds. The van der Waals surface area contributed by atoms with Gasteiger partial charge >= 0.3 is 0 Å². The molecule has 0 spiro atoms. The number of nitrogens with one attached hydrogen (secondary N) is 1. The first-order chi connectivity index (χ1) is 12.6. The monoisotopic (exact) mass is 358 g/mol. The van der Waals surface area contributed by atoms with Crippen molar-refractivity contribution in [2.24, 2.45) is 5.92 Å². The summed E-state index contributed by atoms with van der Waals surface area (Å²) in [6.45, 7) is 4.42. The van der Waals surface area contributed by atoms with Gasteiger partial charge in [0.15, 0.2) is 0 Å². The van der Waals surface area contributed by atoms with Crippen molar-refractivity contribution in [3.05, 3.63) is 34.9 Å². The highest BCUT2D eigenvalue weighted by Crippen LogP contribution is 2.28. The fourth-order valence-corrected chi connectivity index (χ4v) is 2.96. The second-order valence-corrected chi connectivity index (χ2v) is 7.00. The van der Waals surface area contributed by atoms with Crippen LogP contribution in [0.1, 0.15) is 70.1 Å². The number of nitrogens with zero attached hydrogens (tertiary/aromatic N) is 1. The smallest absolute Gasteiger partial charge is 0.261 e. The van der Waals surface area contributed by atoms with Crippen LogP contribution in [0.3, 0.4) is 0 Å². The minimum Gasteiger partial charge on any atom is -0.381 e. The number of amides is 3. The molecule has 6 nitrogen and oxygen atoms in total. The third kappa shape index (κ3) is 4.30. The lowest BCUT2D eigenvalue weighted by Crippen LogP contribution is -2.30. The number of ether oxygens (including phenoxy) is 1. The standard InChI is InChI=1S/C20H26N2O4/c1-2-3-10-22-19(24)16-8-7-15(12-17(16)20(22)25)18(23)21-9-4-11-26-13-14-5-6-14/h7-8,12,14H,2-6,9-11,13H2,1H3,(H,21,23). The van der Waals surface area contributed by atoms with E-state index in [0.717, 1.165) is 31.8 Å². The van der Waals surface area contributed by atoms with Crippen LogP contribution in [0.25, 0.3) is 0 Å². The number of carbonyl (C=O) groups excluding carboxylic acids is 3. The molecule has 3 rings (SSSR count). The molecule has 1 N–H and O–H groups in total. The maximum absolute atomic E-state index is 12.4. The lowest BCUT2D eigenvalue weighted by atomic mass is 10.1. The Kier molecular flexibility index (Phi) is 6.04. The highest BCUT2D eigenvalue weighted by molar-refractivity contribution is 6.22.